The van der Waals surface area contributed by atoms with Crippen LogP contribution < -0.4 is 4.74 Å². The summed E-state index contributed by atoms with van der Waals surface area (Å²) < 4.78 is 9.94. The molecule has 1 aromatic rings. The van der Waals surface area contributed by atoms with Crippen molar-refractivity contribution in [3.05, 3.63) is 12.0 Å². The summed E-state index contributed by atoms with van der Waals surface area (Å²) in [7, 11) is 0. The third-order valence-electron chi connectivity index (χ3n) is 0.868. The van der Waals surface area contributed by atoms with Crippen LogP contribution in [0.2, 0.25) is 0 Å². The van der Waals surface area contributed by atoms with Crippen LogP contribution in [-0.2, 0) is 0 Å². The summed E-state index contributed by atoms with van der Waals surface area (Å²) in [5.41, 5.74) is 0. The van der Waals surface area contributed by atoms with Crippen LogP contribution in [0.3, 0.4) is 0 Å². The third kappa shape index (κ3) is 7.37. The Hall–Kier alpha value is -0.990. The van der Waals surface area contributed by atoms with Gasteiger partial charge < -0.3 is 9.15 Å². The van der Waals surface area contributed by atoms with Gasteiger partial charge in [0.25, 0.3) is 0 Å². The van der Waals surface area contributed by atoms with E-state index < -0.39 is 0 Å². The summed E-state index contributed by atoms with van der Waals surface area (Å²) in [5, 5.41) is 0. The number of nitrogens with zero attached hydrogens (tertiary/aromatic N) is 1. The molecular formula is C10H21NO2. The van der Waals surface area contributed by atoms with E-state index in [2.05, 4.69) is 4.98 Å². The van der Waals surface area contributed by atoms with Gasteiger partial charge in [0.2, 0.25) is 0 Å². The van der Waals surface area contributed by atoms with E-state index in [1.54, 1.807) is 6.20 Å². The number of aryl methyl sites for hydroxylation is 1. The summed E-state index contributed by atoms with van der Waals surface area (Å²) in [6.45, 7) is 12.3. The molecule has 1 heterocycles. The van der Waals surface area contributed by atoms with Gasteiger partial charge in [0.15, 0.2) is 0 Å². The maximum absolute atomic E-state index is 4.99. The Kier molecular flexibility index (Phi) is 12.3. The zero-order valence-corrected chi connectivity index (χ0v) is 9.55. The quantitative estimate of drug-likeness (QED) is 0.711. The largest absolute Gasteiger partial charge is 0.450 e. The predicted molar refractivity (Wildman–Crippen MR) is 55.1 cm³/mol. The van der Waals surface area contributed by atoms with Gasteiger partial charge in [-0.05, 0) is 13.8 Å². The zero-order chi connectivity index (χ0) is 10.7. The van der Waals surface area contributed by atoms with Crippen LogP contribution in [-0.4, -0.2) is 11.6 Å². The Morgan fingerprint density at radius 2 is 1.85 bits per heavy atom. The van der Waals surface area contributed by atoms with Crippen LogP contribution in [0, 0.1) is 6.92 Å². The fourth-order valence-electron chi connectivity index (χ4n) is 0.524. The number of oxazole rings is 1. The van der Waals surface area contributed by atoms with Crippen LogP contribution in [0.25, 0.3) is 0 Å². The van der Waals surface area contributed by atoms with E-state index in [1.165, 1.54) is 0 Å². The summed E-state index contributed by atoms with van der Waals surface area (Å²) >= 11 is 0. The molecule has 1 rings (SSSR count). The molecule has 78 valence electrons. The van der Waals surface area contributed by atoms with Crippen molar-refractivity contribution in [2.24, 2.45) is 0 Å². The average Bonchev–Trinajstić information content (AvgIpc) is 2.59. The van der Waals surface area contributed by atoms with Crippen molar-refractivity contribution in [1.82, 2.24) is 4.98 Å². The standard InChI is InChI=1S/C6H9NO2.2C2H6/c1-3-8-6-7-4-5(2)9-6;2*1-2/h4H,3H2,1-2H3;2*1-2H3. The zero-order valence-electron chi connectivity index (χ0n) is 9.55. The van der Waals surface area contributed by atoms with Gasteiger partial charge in [0.05, 0.1) is 12.8 Å². The van der Waals surface area contributed by atoms with Gasteiger partial charge in [-0.3, -0.25) is 0 Å². The highest BCUT2D eigenvalue weighted by Gasteiger charge is 1.96. The van der Waals surface area contributed by atoms with E-state index in [-0.39, 0.29) is 0 Å². The lowest BCUT2D eigenvalue weighted by Gasteiger charge is -1.91. The highest BCUT2D eigenvalue weighted by molar-refractivity contribution is 4.93. The average molecular weight is 187 g/mol. The van der Waals surface area contributed by atoms with E-state index in [0.29, 0.717) is 12.7 Å². The number of aromatic nitrogens is 1. The Morgan fingerprint density at radius 3 is 2.15 bits per heavy atom. The van der Waals surface area contributed by atoms with Crippen molar-refractivity contribution in [2.45, 2.75) is 41.5 Å². The Balaban J connectivity index is 0. The molecule has 0 radical (unpaired) electrons. The third-order valence-corrected chi connectivity index (χ3v) is 0.868. The molecule has 0 N–H and O–H groups in total. The van der Waals surface area contributed by atoms with Crippen LogP contribution in [0.1, 0.15) is 40.4 Å². The normalized spacial score (nSPS) is 7.54. The highest BCUT2D eigenvalue weighted by atomic mass is 16.6. The van der Waals surface area contributed by atoms with E-state index in [4.69, 9.17) is 9.15 Å². The van der Waals surface area contributed by atoms with Gasteiger partial charge in [-0.15, -0.1) is 0 Å². The molecule has 0 bridgehead atoms. The number of rotatable bonds is 2. The highest BCUT2D eigenvalue weighted by Crippen LogP contribution is 2.08. The van der Waals surface area contributed by atoms with Gasteiger partial charge in [0.1, 0.15) is 5.76 Å². The Morgan fingerprint density at radius 1 is 1.31 bits per heavy atom. The van der Waals surface area contributed by atoms with Crippen LogP contribution in [0.5, 0.6) is 6.08 Å². The molecule has 0 aliphatic rings. The fraction of sp³-hybridized carbons (Fsp3) is 0.700. The smallest absolute Gasteiger partial charge is 0.393 e. The molecule has 0 spiro atoms. The molecule has 3 heteroatoms. The second kappa shape index (κ2) is 11.0. The number of hydrogen-bond donors (Lipinski definition) is 0. The first-order chi connectivity index (χ1) is 6.33. The van der Waals surface area contributed by atoms with Crippen molar-refractivity contribution in [3.63, 3.8) is 0 Å². The van der Waals surface area contributed by atoms with Crippen LogP contribution in [0.15, 0.2) is 10.6 Å². The minimum absolute atomic E-state index is 0.356. The second-order valence-electron chi connectivity index (χ2n) is 1.67. The molecule has 0 aromatic carbocycles. The van der Waals surface area contributed by atoms with E-state index in [0.717, 1.165) is 5.76 Å². The van der Waals surface area contributed by atoms with E-state index in [9.17, 15) is 0 Å². The van der Waals surface area contributed by atoms with Crippen molar-refractivity contribution in [2.75, 3.05) is 6.61 Å². The van der Waals surface area contributed by atoms with Crippen molar-refractivity contribution in [1.29, 1.82) is 0 Å². The van der Waals surface area contributed by atoms with E-state index in [1.807, 2.05) is 41.5 Å². The molecular weight excluding hydrogens is 166 g/mol. The molecule has 13 heavy (non-hydrogen) atoms. The molecule has 3 nitrogen and oxygen atoms in total. The minimum atomic E-state index is 0.356. The van der Waals surface area contributed by atoms with Gasteiger partial charge in [-0.25, -0.2) is 0 Å². The molecule has 0 atom stereocenters. The molecule has 0 aliphatic heterocycles. The second-order valence-corrected chi connectivity index (χ2v) is 1.67. The van der Waals surface area contributed by atoms with Gasteiger partial charge in [-0.1, -0.05) is 27.7 Å². The lowest BCUT2D eigenvalue weighted by atomic mass is 10.6. The molecule has 0 aliphatic carbocycles. The Bertz CT molecular complexity index is 185. The van der Waals surface area contributed by atoms with Gasteiger partial charge in [0, 0.05) is 0 Å². The monoisotopic (exact) mass is 187 g/mol. The SMILES string of the molecule is CC.CC.CCOc1ncc(C)o1. The molecule has 0 unspecified atom stereocenters. The first-order valence-electron chi connectivity index (χ1n) is 4.88. The molecule has 1 aromatic heterocycles. The number of ether oxygens (including phenoxy) is 1. The van der Waals surface area contributed by atoms with Crippen LogP contribution >= 0.6 is 0 Å². The van der Waals surface area contributed by atoms with Gasteiger partial charge in [-0.2, -0.15) is 4.98 Å². The molecule has 0 amide bonds. The number of hydrogen-bond acceptors (Lipinski definition) is 3. The topological polar surface area (TPSA) is 35.3 Å². The maximum Gasteiger partial charge on any atom is 0.393 e. The van der Waals surface area contributed by atoms with Crippen LogP contribution in [0.4, 0.5) is 0 Å². The van der Waals surface area contributed by atoms with Crippen molar-refractivity contribution in [3.8, 4) is 6.08 Å². The van der Waals surface area contributed by atoms with Crippen molar-refractivity contribution >= 4 is 0 Å². The lowest BCUT2D eigenvalue weighted by molar-refractivity contribution is 0.240. The van der Waals surface area contributed by atoms with Gasteiger partial charge >= 0.3 is 6.08 Å². The first kappa shape index (κ1) is 14.5. The summed E-state index contributed by atoms with van der Waals surface area (Å²) in [5.74, 6) is 0.776. The predicted octanol–water partition coefficient (Wildman–Crippen LogP) is 3.43. The van der Waals surface area contributed by atoms with Crippen molar-refractivity contribution < 1.29 is 9.15 Å². The summed E-state index contributed by atoms with van der Waals surface area (Å²) in [4.78, 5) is 3.82. The Labute approximate surface area is 81.1 Å². The first-order valence-corrected chi connectivity index (χ1v) is 4.88. The van der Waals surface area contributed by atoms with E-state index >= 15 is 0 Å². The lowest BCUT2D eigenvalue weighted by Crippen LogP contribution is -1.89. The minimum Gasteiger partial charge on any atom is -0.450 e. The molecule has 0 fully saturated rings. The molecule has 0 saturated carbocycles. The maximum atomic E-state index is 4.99. The summed E-state index contributed by atoms with van der Waals surface area (Å²) in [6.07, 6.45) is 1.99. The fourth-order valence-corrected chi connectivity index (χ4v) is 0.524. The summed E-state index contributed by atoms with van der Waals surface area (Å²) in [6, 6.07) is 0. The molecule has 0 saturated heterocycles.